The van der Waals surface area contributed by atoms with E-state index in [2.05, 4.69) is 10.6 Å². The van der Waals surface area contributed by atoms with Crippen molar-refractivity contribution in [1.82, 2.24) is 10.6 Å². The molecule has 5 aromatic rings. The molecule has 3 amide bonds. The van der Waals surface area contributed by atoms with Crippen molar-refractivity contribution in [3.05, 3.63) is 150 Å². The maximum Gasteiger partial charge on any atom is 0.407 e. The Hall–Kier alpha value is -5.96. The molecule has 0 spiro atoms. The molecule has 9 heteroatoms. The molecule has 51 heavy (non-hydrogen) atoms. The van der Waals surface area contributed by atoms with Gasteiger partial charge in [0.15, 0.2) is 5.75 Å². The average Bonchev–Trinajstić information content (AvgIpc) is 3.12. The molecule has 0 heterocycles. The number of para-hydroxylation sites is 2. The van der Waals surface area contributed by atoms with E-state index in [-0.39, 0.29) is 44.3 Å². The molecule has 262 valence electrons. The summed E-state index contributed by atoms with van der Waals surface area (Å²) in [4.78, 5) is 40.4. The van der Waals surface area contributed by atoms with Gasteiger partial charge in [0.1, 0.15) is 17.2 Å². The summed E-state index contributed by atoms with van der Waals surface area (Å²) in [5, 5.41) is 5.46. The van der Waals surface area contributed by atoms with Crippen LogP contribution < -0.4 is 20.3 Å². The van der Waals surface area contributed by atoms with E-state index in [0.717, 1.165) is 22.3 Å². The number of anilines is 1. The Labute approximate surface area is 298 Å². The van der Waals surface area contributed by atoms with Gasteiger partial charge in [0.2, 0.25) is 11.8 Å². The molecule has 0 atom stereocenters. The summed E-state index contributed by atoms with van der Waals surface area (Å²) in [6.07, 6.45) is -0.643. The van der Waals surface area contributed by atoms with E-state index in [1.165, 1.54) is 6.07 Å². The number of nitrogens with one attached hydrogen (secondary N) is 2. The maximum atomic E-state index is 14.1. The highest BCUT2D eigenvalue weighted by atomic mass is 19.1. The smallest absolute Gasteiger partial charge is 0.407 e. The van der Waals surface area contributed by atoms with Crippen molar-refractivity contribution >= 4 is 23.6 Å². The van der Waals surface area contributed by atoms with Crippen molar-refractivity contribution in [3.63, 3.8) is 0 Å². The Morgan fingerprint density at radius 2 is 1.29 bits per heavy atom. The lowest BCUT2D eigenvalue weighted by atomic mass is 10.0. The number of carbonyl (C=O) groups is 3. The highest BCUT2D eigenvalue weighted by Crippen LogP contribution is 2.34. The highest BCUT2D eigenvalue weighted by Gasteiger charge is 2.22. The molecule has 0 radical (unpaired) electrons. The second-order valence-corrected chi connectivity index (χ2v) is 13.0. The van der Waals surface area contributed by atoms with Crippen LogP contribution in [0.5, 0.6) is 11.5 Å². The summed E-state index contributed by atoms with van der Waals surface area (Å²) in [5.74, 6) is -0.0413. The van der Waals surface area contributed by atoms with Gasteiger partial charge in [-0.25, -0.2) is 9.18 Å². The van der Waals surface area contributed by atoms with Crippen molar-refractivity contribution in [2.24, 2.45) is 0 Å². The number of nitrogens with zero attached hydrogens (tertiary/aromatic N) is 1. The predicted molar refractivity (Wildman–Crippen MR) is 197 cm³/mol. The Bertz CT molecular complexity index is 1920. The van der Waals surface area contributed by atoms with Gasteiger partial charge < -0.3 is 25.0 Å². The molecule has 0 saturated carbocycles. The van der Waals surface area contributed by atoms with E-state index in [1.807, 2.05) is 84.9 Å². The van der Waals surface area contributed by atoms with Crippen molar-refractivity contribution in [2.45, 2.75) is 58.8 Å². The number of amides is 3. The van der Waals surface area contributed by atoms with Crippen LogP contribution in [0.2, 0.25) is 0 Å². The maximum absolute atomic E-state index is 14.1. The van der Waals surface area contributed by atoms with Crippen LogP contribution in [0.25, 0.3) is 11.1 Å². The lowest BCUT2D eigenvalue weighted by Gasteiger charge is -2.25. The summed E-state index contributed by atoms with van der Waals surface area (Å²) >= 11 is 0. The monoisotopic (exact) mass is 687 g/mol. The topological polar surface area (TPSA) is 97.0 Å². The average molecular weight is 688 g/mol. The minimum absolute atomic E-state index is 0.0315. The second-order valence-electron chi connectivity index (χ2n) is 13.0. The van der Waals surface area contributed by atoms with Crippen molar-refractivity contribution in [1.29, 1.82) is 0 Å². The van der Waals surface area contributed by atoms with E-state index in [0.29, 0.717) is 22.7 Å². The number of ether oxygens (including phenoxy) is 2. The first kappa shape index (κ1) is 36.3. The molecular weight excluding hydrogens is 645 g/mol. The molecule has 0 aliphatic heterocycles. The van der Waals surface area contributed by atoms with Crippen LogP contribution in [0.3, 0.4) is 0 Å². The van der Waals surface area contributed by atoms with Gasteiger partial charge in [-0.2, -0.15) is 0 Å². The standard InChI is InChI=1S/C42H42FN3O5/c1-42(2,3)51-41(49)45-27-30-19-23-35(24-20-30)50-38-16-10-9-15-37(38)46(29-31-17-21-33(22-18-31)32-11-5-4-6-12-32)40(48)26-25-39(47)44-28-34-13-7-8-14-36(34)43/h4-24H,25-29H2,1-3H3,(H,44,47)(H,45,49). The number of alkyl carbamates (subject to hydrolysis) is 1. The molecule has 0 aliphatic rings. The van der Waals surface area contributed by atoms with Gasteiger partial charge in [0.25, 0.3) is 0 Å². The SMILES string of the molecule is CC(C)(C)OC(=O)NCc1ccc(Oc2ccccc2N(Cc2ccc(-c3ccccc3)cc2)C(=O)CCC(=O)NCc2ccccc2F)cc1. The summed E-state index contributed by atoms with van der Waals surface area (Å²) in [5.41, 5.74) is 4.20. The van der Waals surface area contributed by atoms with Crippen molar-refractivity contribution < 1.29 is 28.2 Å². The Morgan fingerprint density at radius 3 is 2.00 bits per heavy atom. The quantitative estimate of drug-likeness (QED) is 0.129. The molecule has 8 nitrogen and oxygen atoms in total. The van der Waals surface area contributed by atoms with Crippen molar-refractivity contribution in [3.8, 4) is 22.6 Å². The third kappa shape index (κ3) is 11.0. The highest BCUT2D eigenvalue weighted by molar-refractivity contribution is 5.96. The molecule has 0 unspecified atom stereocenters. The van der Waals surface area contributed by atoms with Crippen LogP contribution in [-0.2, 0) is 34.0 Å². The Kier molecular flexibility index (Phi) is 12.2. The zero-order valence-electron chi connectivity index (χ0n) is 29.0. The summed E-state index contributed by atoms with van der Waals surface area (Å²) in [6, 6.07) is 38.8. The first-order valence-corrected chi connectivity index (χ1v) is 16.8. The molecule has 0 fully saturated rings. The van der Waals surface area contributed by atoms with E-state index in [9.17, 15) is 18.8 Å². The molecule has 5 aromatic carbocycles. The third-order valence-electron chi connectivity index (χ3n) is 7.85. The van der Waals surface area contributed by atoms with Gasteiger partial charge in [0.05, 0.1) is 12.2 Å². The first-order chi connectivity index (χ1) is 24.5. The van der Waals surface area contributed by atoms with Gasteiger partial charge in [-0.15, -0.1) is 0 Å². The predicted octanol–water partition coefficient (Wildman–Crippen LogP) is 8.94. The largest absolute Gasteiger partial charge is 0.455 e. The minimum atomic E-state index is -0.592. The Balaban J connectivity index is 1.31. The zero-order chi connectivity index (χ0) is 36.2. The molecule has 0 aromatic heterocycles. The zero-order valence-corrected chi connectivity index (χ0v) is 29.0. The molecule has 0 saturated heterocycles. The summed E-state index contributed by atoms with van der Waals surface area (Å²) in [7, 11) is 0. The van der Waals surface area contributed by atoms with Gasteiger partial charge in [-0.05, 0) is 73.4 Å². The van der Waals surface area contributed by atoms with Crippen molar-refractivity contribution in [2.75, 3.05) is 4.90 Å². The van der Waals surface area contributed by atoms with Crippen LogP contribution in [0.1, 0.15) is 50.3 Å². The number of hydrogen-bond acceptors (Lipinski definition) is 5. The number of hydrogen-bond donors (Lipinski definition) is 2. The molecule has 2 N–H and O–H groups in total. The fourth-order valence-electron chi connectivity index (χ4n) is 5.26. The molecule has 5 rings (SSSR count). The lowest BCUT2D eigenvalue weighted by Crippen LogP contribution is -2.32. The number of benzene rings is 5. The fraction of sp³-hybridized carbons (Fsp3) is 0.214. The first-order valence-electron chi connectivity index (χ1n) is 16.8. The summed E-state index contributed by atoms with van der Waals surface area (Å²) in [6.45, 7) is 5.97. The number of rotatable bonds is 13. The van der Waals surface area contributed by atoms with Crippen LogP contribution in [0.4, 0.5) is 14.9 Å². The van der Waals surface area contributed by atoms with Gasteiger partial charge >= 0.3 is 6.09 Å². The van der Waals surface area contributed by atoms with E-state index in [1.54, 1.807) is 62.1 Å². The van der Waals surface area contributed by atoms with Crippen LogP contribution >= 0.6 is 0 Å². The van der Waals surface area contributed by atoms with Crippen LogP contribution in [0, 0.1) is 5.82 Å². The number of carbonyl (C=O) groups excluding carboxylic acids is 3. The van der Waals surface area contributed by atoms with Gasteiger partial charge in [-0.1, -0.05) is 97.1 Å². The van der Waals surface area contributed by atoms with E-state index in [4.69, 9.17) is 9.47 Å². The van der Waals surface area contributed by atoms with Crippen LogP contribution in [0.15, 0.2) is 127 Å². The van der Waals surface area contributed by atoms with E-state index >= 15 is 0 Å². The number of halogens is 1. The second kappa shape index (κ2) is 17.1. The molecular formula is C42H42FN3O5. The summed E-state index contributed by atoms with van der Waals surface area (Å²) < 4.78 is 25.7. The third-order valence-corrected chi connectivity index (χ3v) is 7.85. The minimum Gasteiger partial charge on any atom is -0.455 e. The molecule has 0 aliphatic carbocycles. The van der Waals surface area contributed by atoms with Crippen LogP contribution in [-0.4, -0.2) is 23.5 Å². The normalized spacial score (nSPS) is 11.0. The van der Waals surface area contributed by atoms with Gasteiger partial charge in [0, 0.05) is 31.5 Å². The van der Waals surface area contributed by atoms with Gasteiger partial charge in [-0.3, -0.25) is 9.59 Å². The Morgan fingerprint density at radius 1 is 0.667 bits per heavy atom. The lowest BCUT2D eigenvalue weighted by molar-refractivity contribution is -0.125. The molecule has 0 bridgehead atoms. The van der Waals surface area contributed by atoms with E-state index < -0.39 is 17.5 Å². The fourth-order valence-corrected chi connectivity index (χ4v) is 5.26.